The molecule has 4 aromatic carbocycles. The van der Waals surface area contributed by atoms with Crippen LogP contribution in [0, 0.1) is 12.7 Å². The molecule has 5 heterocycles. The Labute approximate surface area is 434 Å². The largest absolute Gasteiger partial charge is 0.497 e. The number of nitrogens with one attached hydrogen (secondary N) is 2. The van der Waals surface area contributed by atoms with Crippen LogP contribution in [0.2, 0.25) is 5.02 Å². The Balaban J connectivity index is 1.17. The number of halogens is 7. The molecule has 3 aliphatic heterocycles. The molecule has 0 spiro atoms. The third-order valence-corrected chi connectivity index (χ3v) is 13.7. The molecule has 0 amide bonds. The van der Waals surface area contributed by atoms with Crippen molar-refractivity contribution in [3.8, 4) is 34.3 Å². The molecular weight excluding hydrogens is 1000 g/mol. The molecule has 9 rings (SSSR count). The Morgan fingerprint density at radius 2 is 1.53 bits per heavy atom. The van der Waals surface area contributed by atoms with Crippen LogP contribution >= 0.6 is 11.6 Å². The highest BCUT2D eigenvalue weighted by Gasteiger charge is 2.43. The second kappa shape index (κ2) is 22.6. The topological polar surface area (TPSA) is 131 Å². The van der Waals surface area contributed by atoms with Crippen LogP contribution in [0.5, 0.6) is 23.0 Å². The maximum Gasteiger partial charge on any atom is 0.418 e. The lowest BCUT2D eigenvalue weighted by Gasteiger charge is -2.32. The van der Waals surface area contributed by atoms with Gasteiger partial charge in [-0.25, -0.2) is 33.1 Å². The minimum absolute atomic E-state index is 0.0129. The number of aryl methyl sites for hydroxylation is 1. The molecule has 14 nitrogen and oxygen atoms in total. The first-order valence-corrected chi connectivity index (χ1v) is 24.4. The number of pyridine rings is 1. The average Bonchev–Trinajstić information content (AvgIpc) is 3.78. The highest BCUT2D eigenvalue weighted by molar-refractivity contribution is 6.37. The first-order valence-electron chi connectivity index (χ1n) is 24.1. The maximum atomic E-state index is 18.2. The zero-order valence-corrected chi connectivity index (χ0v) is 42.4. The Morgan fingerprint density at radius 3 is 2.13 bits per heavy atom. The van der Waals surface area contributed by atoms with Gasteiger partial charge in [-0.15, -0.1) is 0 Å². The van der Waals surface area contributed by atoms with Crippen molar-refractivity contribution in [2.45, 2.75) is 71.0 Å². The van der Waals surface area contributed by atoms with Gasteiger partial charge < -0.3 is 44.1 Å². The first-order chi connectivity index (χ1) is 36.1. The van der Waals surface area contributed by atoms with E-state index < -0.39 is 64.6 Å². The minimum Gasteiger partial charge on any atom is -0.497 e. The summed E-state index contributed by atoms with van der Waals surface area (Å²) in [5.41, 5.74) is 0.122. The lowest BCUT2D eigenvalue weighted by Crippen LogP contribution is -2.37. The summed E-state index contributed by atoms with van der Waals surface area (Å²) in [6.45, 7) is 3.47. The van der Waals surface area contributed by atoms with Crippen LogP contribution in [0.15, 0.2) is 109 Å². The molecule has 21 heteroatoms. The van der Waals surface area contributed by atoms with Crippen molar-refractivity contribution in [1.82, 2.24) is 24.8 Å². The van der Waals surface area contributed by atoms with Crippen molar-refractivity contribution >= 4 is 34.8 Å². The molecular formula is C54H54ClF6N9O5. The fourth-order valence-electron chi connectivity index (χ4n) is 9.53. The molecule has 6 aromatic rings. The van der Waals surface area contributed by atoms with Crippen molar-refractivity contribution in [2.24, 2.45) is 4.99 Å². The number of aromatic nitrogens is 3. The molecule has 2 N–H and O–H groups in total. The molecule has 1 unspecified atom stereocenters. The van der Waals surface area contributed by atoms with Crippen molar-refractivity contribution in [3.05, 3.63) is 153 Å². The summed E-state index contributed by atoms with van der Waals surface area (Å²) in [6, 6.07) is 22.0. The number of amidine groups is 1. The smallest absolute Gasteiger partial charge is 0.418 e. The number of methoxy groups -OCH3 is 3. The van der Waals surface area contributed by atoms with E-state index in [1.165, 1.54) is 25.5 Å². The Morgan fingerprint density at radius 1 is 0.907 bits per heavy atom. The van der Waals surface area contributed by atoms with E-state index in [-0.39, 0.29) is 60.8 Å². The molecule has 0 saturated carbocycles. The predicted molar refractivity (Wildman–Crippen MR) is 273 cm³/mol. The van der Waals surface area contributed by atoms with E-state index in [0.717, 1.165) is 16.7 Å². The van der Waals surface area contributed by atoms with Crippen molar-refractivity contribution in [3.63, 3.8) is 0 Å². The van der Waals surface area contributed by atoms with Gasteiger partial charge in [0.2, 0.25) is 0 Å². The standard InChI is InChI=1S/C54H54ClF6N9O5/c1-31-21-42(69(24-34-10-16-38(72-4)17-11-34)25-35-12-18-39(73-5)19-13-35)67-49(46(31)54(59,60)61)44-47(55)50-45-51(48(44)58)75-43(74-28-36-7-6-20-68(36)26-41(56)57)27-70(53(45)66-30-64-50)32(2)40-23-62-29-65-52(40)63-22-33-8-14-37(71-3)15-9-33/h8-19,21,23,27,29,32,36,41,64H,6-7,20,22,24-26,28,30H2,1-5H3,(H,62,63,65)/t32?,36-/m0/s1. The minimum atomic E-state index is -5.05. The van der Waals surface area contributed by atoms with E-state index in [0.29, 0.717) is 54.6 Å². The fourth-order valence-corrected chi connectivity index (χ4v) is 9.86. The fraction of sp³-hybridized carbons (Fsp3) is 0.333. The molecule has 0 aliphatic carbocycles. The van der Waals surface area contributed by atoms with Crippen LogP contribution in [0.4, 0.5) is 43.7 Å². The van der Waals surface area contributed by atoms with E-state index in [2.05, 4.69) is 25.6 Å². The van der Waals surface area contributed by atoms with Crippen LogP contribution in [0.25, 0.3) is 11.3 Å². The first kappa shape index (κ1) is 52.4. The number of ether oxygens (including phenoxy) is 5. The van der Waals surface area contributed by atoms with Crippen LogP contribution in [-0.2, 0) is 30.5 Å². The highest BCUT2D eigenvalue weighted by atomic mass is 35.5. The van der Waals surface area contributed by atoms with Crippen LogP contribution in [-0.4, -0.2) is 90.7 Å². The summed E-state index contributed by atoms with van der Waals surface area (Å²) in [5.74, 6) is 0.449. The second-order valence-corrected chi connectivity index (χ2v) is 18.5. The van der Waals surface area contributed by atoms with E-state index >= 15 is 17.6 Å². The molecule has 0 bridgehead atoms. The third kappa shape index (κ3) is 11.5. The number of hydrogen-bond donors (Lipinski definition) is 2. The molecule has 1 fully saturated rings. The van der Waals surface area contributed by atoms with Gasteiger partial charge in [0.15, 0.2) is 11.6 Å². The van der Waals surface area contributed by atoms with Gasteiger partial charge in [-0.3, -0.25) is 4.90 Å². The molecule has 0 radical (unpaired) electrons. The van der Waals surface area contributed by atoms with E-state index in [1.807, 2.05) is 55.5 Å². The number of aliphatic imine (C=N–C) groups is 1. The SMILES string of the molecule is COc1ccc(CNc2ncncc2C(C)N2C=C(OC[C@@H]3CCCN3CC(F)F)Oc3c(F)c(-c4nc(N(Cc5ccc(OC)cc5)Cc5ccc(OC)cc5)cc(C)c4C(F)(F)F)c(Cl)c4c3C2=NCN4)cc1. The number of rotatable bonds is 19. The second-order valence-electron chi connectivity index (χ2n) is 18.1. The van der Waals surface area contributed by atoms with Gasteiger partial charge in [0.05, 0.1) is 73.2 Å². The van der Waals surface area contributed by atoms with Gasteiger partial charge >= 0.3 is 12.1 Å². The van der Waals surface area contributed by atoms with Gasteiger partial charge in [-0.05, 0) is 98.0 Å². The summed E-state index contributed by atoms with van der Waals surface area (Å²) in [6.07, 6.45) is -2.02. The monoisotopic (exact) mass is 1060 g/mol. The van der Waals surface area contributed by atoms with Gasteiger partial charge in [-0.2, -0.15) is 13.2 Å². The highest BCUT2D eigenvalue weighted by Crippen LogP contribution is 2.51. The Kier molecular flexibility index (Phi) is 15.8. The summed E-state index contributed by atoms with van der Waals surface area (Å²) in [4.78, 5) is 23.4. The molecule has 394 valence electrons. The van der Waals surface area contributed by atoms with Crippen LogP contribution < -0.4 is 34.5 Å². The number of likely N-dealkylation sites (tertiary alicyclic amines) is 1. The average molecular weight is 1060 g/mol. The van der Waals surface area contributed by atoms with E-state index in [1.54, 1.807) is 66.5 Å². The summed E-state index contributed by atoms with van der Waals surface area (Å²) < 4.78 is 121. The van der Waals surface area contributed by atoms with Gasteiger partial charge in [0.1, 0.15) is 54.3 Å². The number of anilines is 3. The van der Waals surface area contributed by atoms with E-state index in [4.69, 9.17) is 40.3 Å². The number of alkyl halides is 5. The van der Waals surface area contributed by atoms with Gasteiger partial charge in [0, 0.05) is 37.4 Å². The molecule has 2 aromatic heterocycles. The maximum absolute atomic E-state index is 18.2. The lowest BCUT2D eigenvalue weighted by atomic mass is 9.96. The van der Waals surface area contributed by atoms with Gasteiger partial charge in [-0.1, -0.05) is 48.0 Å². The van der Waals surface area contributed by atoms with Gasteiger partial charge in [0.25, 0.3) is 6.43 Å². The zero-order valence-electron chi connectivity index (χ0n) is 41.7. The van der Waals surface area contributed by atoms with Crippen molar-refractivity contribution < 1.29 is 50.0 Å². The zero-order chi connectivity index (χ0) is 53.0. The Bertz CT molecular complexity index is 3010. The van der Waals surface area contributed by atoms with Crippen LogP contribution in [0.3, 0.4) is 0 Å². The summed E-state index contributed by atoms with van der Waals surface area (Å²) in [5, 5.41) is 6.04. The molecule has 1 saturated heterocycles. The lowest BCUT2D eigenvalue weighted by molar-refractivity contribution is -0.137. The van der Waals surface area contributed by atoms with E-state index in [9.17, 15) is 8.78 Å². The molecule has 75 heavy (non-hydrogen) atoms. The Hall–Kier alpha value is -7.45. The number of benzene rings is 4. The number of nitrogens with zero attached hydrogens (tertiary/aromatic N) is 7. The predicted octanol–water partition coefficient (Wildman–Crippen LogP) is 11.6. The normalized spacial score (nSPS) is 15.7. The molecule has 2 atom stereocenters. The number of hydrogen-bond acceptors (Lipinski definition) is 14. The summed E-state index contributed by atoms with van der Waals surface area (Å²) >= 11 is 7.26. The van der Waals surface area contributed by atoms with Crippen molar-refractivity contribution in [1.29, 1.82) is 0 Å². The molecule has 3 aliphatic rings. The third-order valence-electron chi connectivity index (χ3n) is 13.4. The summed E-state index contributed by atoms with van der Waals surface area (Å²) in [7, 11) is 4.67. The van der Waals surface area contributed by atoms with Crippen LogP contribution in [0.1, 0.15) is 64.8 Å². The van der Waals surface area contributed by atoms with Crippen molar-refractivity contribution in [2.75, 3.05) is 63.2 Å². The quantitative estimate of drug-likeness (QED) is 0.0747.